The van der Waals surface area contributed by atoms with Crippen molar-refractivity contribution in [3.63, 3.8) is 0 Å². The fourth-order valence-electron chi connectivity index (χ4n) is 0.273. The summed E-state index contributed by atoms with van der Waals surface area (Å²) in [6, 6.07) is 0. The Morgan fingerprint density at radius 3 is 2.09 bits per heavy atom. The van der Waals surface area contributed by atoms with Crippen LogP contribution in [0.15, 0.2) is 10.9 Å². The summed E-state index contributed by atoms with van der Waals surface area (Å²) < 4.78 is 0. The van der Waals surface area contributed by atoms with Crippen LogP contribution in [0.25, 0.3) is 0 Å². The molecular weight excluding hydrogens is 156 g/mol. The molecule has 1 aromatic rings. The van der Waals surface area contributed by atoms with Gasteiger partial charge in [0.2, 0.25) is 0 Å². The van der Waals surface area contributed by atoms with E-state index in [9.17, 15) is 0 Å². The highest BCUT2D eigenvalue weighted by Crippen LogP contribution is 1.95. The number of rotatable bonds is 0. The summed E-state index contributed by atoms with van der Waals surface area (Å²) in [7, 11) is 0. The van der Waals surface area contributed by atoms with Crippen molar-refractivity contribution in [1.82, 2.24) is 4.98 Å². The highest BCUT2D eigenvalue weighted by atomic mass is 32.1. The highest BCUT2D eigenvalue weighted by Gasteiger charge is 1.76. The summed E-state index contributed by atoms with van der Waals surface area (Å²) in [5.41, 5.74) is 7.79. The molecular formula is C8H18N2S. The Labute approximate surface area is 73.5 Å². The first-order valence-corrected chi connectivity index (χ1v) is 4.80. The van der Waals surface area contributed by atoms with Crippen LogP contribution in [0.5, 0.6) is 0 Å². The van der Waals surface area contributed by atoms with Crippen LogP contribution in [0.2, 0.25) is 0 Å². The standard InChI is InChI=1S/C4H5NS.C2H7N.C2H6/c1-4-2-6-3-5-4;1-2-3;1-2/h2-3H,1H3;2-3H2,1H3;1-2H3. The van der Waals surface area contributed by atoms with Gasteiger partial charge in [0.15, 0.2) is 0 Å². The van der Waals surface area contributed by atoms with Gasteiger partial charge in [-0.05, 0) is 13.5 Å². The molecule has 1 heterocycles. The molecule has 0 saturated heterocycles. The molecule has 0 spiro atoms. The minimum Gasteiger partial charge on any atom is -0.331 e. The predicted molar refractivity (Wildman–Crippen MR) is 52.9 cm³/mol. The average Bonchev–Trinajstić information content (AvgIpc) is 2.46. The van der Waals surface area contributed by atoms with Crippen LogP contribution in [-0.4, -0.2) is 11.5 Å². The van der Waals surface area contributed by atoms with E-state index in [1.54, 1.807) is 11.3 Å². The molecule has 0 unspecified atom stereocenters. The molecule has 0 amide bonds. The Kier molecular flexibility index (Phi) is 14.7. The zero-order chi connectivity index (χ0) is 9.11. The molecule has 0 saturated carbocycles. The van der Waals surface area contributed by atoms with Crippen molar-refractivity contribution in [2.24, 2.45) is 5.73 Å². The molecule has 1 aromatic heterocycles. The third kappa shape index (κ3) is 12.7. The van der Waals surface area contributed by atoms with Crippen LogP contribution in [0.3, 0.4) is 0 Å². The fraction of sp³-hybridized carbons (Fsp3) is 0.625. The Bertz CT molecular complexity index is 127. The molecule has 2 nitrogen and oxygen atoms in total. The SMILES string of the molecule is CC.CCN.Cc1cscn1. The van der Waals surface area contributed by atoms with Gasteiger partial charge in [-0.2, -0.15) is 0 Å². The first kappa shape index (κ1) is 13.2. The topological polar surface area (TPSA) is 38.9 Å². The molecule has 0 aliphatic heterocycles. The molecule has 0 aromatic carbocycles. The number of aromatic nitrogens is 1. The quantitative estimate of drug-likeness (QED) is 0.656. The molecule has 11 heavy (non-hydrogen) atoms. The van der Waals surface area contributed by atoms with E-state index in [0.29, 0.717) is 0 Å². The summed E-state index contributed by atoms with van der Waals surface area (Å²) in [5.74, 6) is 0. The third-order valence-electron chi connectivity index (χ3n) is 0.556. The van der Waals surface area contributed by atoms with Crippen LogP contribution >= 0.6 is 11.3 Å². The second-order valence-electron chi connectivity index (χ2n) is 1.54. The van der Waals surface area contributed by atoms with Gasteiger partial charge in [-0.15, -0.1) is 11.3 Å². The highest BCUT2D eigenvalue weighted by molar-refractivity contribution is 7.07. The Morgan fingerprint density at radius 1 is 1.55 bits per heavy atom. The number of hydrogen-bond donors (Lipinski definition) is 1. The molecule has 0 radical (unpaired) electrons. The zero-order valence-corrected chi connectivity index (χ0v) is 8.61. The van der Waals surface area contributed by atoms with Crippen molar-refractivity contribution in [2.45, 2.75) is 27.7 Å². The van der Waals surface area contributed by atoms with Gasteiger partial charge < -0.3 is 5.73 Å². The van der Waals surface area contributed by atoms with Crippen molar-refractivity contribution in [3.8, 4) is 0 Å². The van der Waals surface area contributed by atoms with Gasteiger partial charge in [-0.25, -0.2) is 0 Å². The van der Waals surface area contributed by atoms with Gasteiger partial charge in [0.05, 0.1) is 5.51 Å². The minimum absolute atomic E-state index is 0.750. The number of aryl methyl sites for hydroxylation is 1. The van der Waals surface area contributed by atoms with Crippen molar-refractivity contribution in [3.05, 3.63) is 16.6 Å². The van der Waals surface area contributed by atoms with Crippen molar-refractivity contribution >= 4 is 11.3 Å². The molecule has 0 atom stereocenters. The van der Waals surface area contributed by atoms with E-state index in [4.69, 9.17) is 5.73 Å². The van der Waals surface area contributed by atoms with Crippen molar-refractivity contribution in [1.29, 1.82) is 0 Å². The maximum absolute atomic E-state index is 4.85. The van der Waals surface area contributed by atoms with Crippen molar-refractivity contribution < 1.29 is 0 Å². The predicted octanol–water partition coefficient (Wildman–Crippen LogP) is 2.44. The molecule has 0 aliphatic carbocycles. The van der Waals surface area contributed by atoms with Crippen LogP contribution in [0.1, 0.15) is 26.5 Å². The van der Waals surface area contributed by atoms with Crippen LogP contribution in [0.4, 0.5) is 0 Å². The largest absolute Gasteiger partial charge is 0.331 e. The van der Waals surface area contributed by atoms with Crippen LogP contribution in [-0.2, 0) is 0 Å². The Hall–Kier alpha value is -0.410. The summed E-state index contributed by atoms with van der Waals surface area (Å²) in [5, 5.41) is 2.01. The minimum atomic E-state index is 0.750. The lowest BCUT2D eigenvalue weighted by molar-refractivity contribution is 1.14. The molecule has 66 valence electrons. The van der Waals surface area contributed by atoms with Crippen LogP contribution in [0, 0.1) is 6.92 Å². The van der Waals surface area contributed by atoms with E-state index >= 15 is 0 Å². The molecule has 0 bridgehead atoms. The van der Waals surface area contributed by atoms with Gasteiger partial charge in [-0.1, -0.05) is 20.8 Å². The lowest BCUT2D eigenvalue weighted by atomic mass is 10.6. The molecule has 0 fully saturated rings. The average molecular weight is 174 g/mol. The zero-order valence-electron chi connectivity index (χ0n) is 7.79. The summed E-state index contributed by atoms with van der Waals surface area (Å²) in [6.07, 6.45) is 0. The lowest BCUT2D eigenvalue weighted by Gasteiger charge is -1.64. The van der Waals surface area contributed by atoms with Gasteiger partial charge in [0.25, 0.3) is 0 Å². The number of thiazole rings is 1. The summed E-state index contributed by atoms with van der Waals surface area (Å²) in [6.45, 7) is 8.64. The second-order valence-corrected chi connectivity index (χ2v) is 2.26. The maximum Gasteiger partial charge on any atom is 0.0794 e. The van der Waals surface area contributed by atoms with E-state index in [1.165, 1.54) is 0 Å². The van der Waals surface area contributed by atoms with E-state index in [-0.39, 0.29) is 0 Å². The first-order chi connectivity index (χ1) is 5.31. The Balaban J connectivity index is 0. The number of nitrogens with two attached hydrogens (primary N) is 1. The lowest BCUT2D eigenvalue weighted by Crippen LogP contribution is -1.87. The molecule has 1 rings (SSSR count). The van der Waals surface area contributed by atoms with Gasteiger partial charge >= 0.3 is 0 Å². The molecule has 2 N–H and O–H groups in total. The van der Waals surface area contributed by atoms with E-state index in [1.807, 2.05) is 38.6 Å². The Morgan fingerprint density at radius 2 is 2.00 bits per heavy atom. The van der Waals surface area contributed by atoms with E-state index in [2.05, 4.69) is 4.98 Å². The molecule has 0 aliphatic rings. The van der Waals surface area contributed by atoms with E-state index in [0.717, 1.165) is 12.2 Å². The second kappa shape index (κ2) is 12.3. The number of hydrogen-bond acceptors (Lipinski definition) is 3. The summed E-state index contributed by atoms with van der Waals surface area (Å²) in [4.78, 5) is 3.94. The summed E-state index contributed by atoms with van der Waals surface area (Å²) >= 11 is 1.63. The first-order valence-electron chi connectivity index (χ1n) is 3.86. The fourth-order valence-corrected chi connectivity index (χ4v) is 0.819. The van der Waals surface area contributed by atoms with Crippen LogP contribution < -0.4 is 5.73 Å². The number of nitrogens with zero attached hydrogens (tertiary/aromatic N) is 1. The monoisotopic (exact) mass is 174 g/mol. The van der Waals surface area contributed by atoms with Gasteiger partial charge in [-0.3, -0.25) is 4.98 Å². The smallest absolute Gasteiger partial charge is 0.0794 e. The normalized spacial score (nSPS) is 7.00. The maximum atomic E-state index is 4.85. The third-order valence-corrected chi connectivity index (χ3v) is 1.26. The van der Waals surface area contributed by atoms with E-state index < -0.39 is 0 Å². The van der Waals surface area contributed by atoms with Gasteiger partial charge in [0, 0.05) is 11.1 Å². The van der Waals surface area contributed by atoms with Crippen molar-refractivity contribution in [2.75, 3.05) is 6.54 Å². The molecule has 3 heteroatoms. The van der Waals surface area contributed by atoms with Gasteiger partial charge in [0.1, 0.15) is 0 Å².